The van der Waals surface area contributed by atoms with E-state index in [1.165, 1.54) is 23.8 Å². The van der Waals surface area contributed by atoms with Crippen LogP contribution >= 0.6 is 22.9 Å². The van der Waals surface area contributed by atoms with Gasteiger partial charge in [0.1, 0.15) is 0 Å². The van der Waals surface area contributed by atoms with Crippen LogP contribution in [0.2, 0.25) is 5.02 Å². The van der Waals surface area contributed by atoms with Crippen LogP contribution in [0.1, 0.15) is 5.56 Å². The molecule has 1 aromatic heterocycles. The molecule has 5 nitrogen and oxygen atoms in total. The lowest BCUT2D eigenvalue weighted by Gasteiger charge is -2.05. The molecule has 0 bridgehead atoms. The lowest BCUT2D eigenvalue weighted by Crippen LogP contribution is -2.26. The van der Waals surface area contributed by atoms with Gasteiger partial charge in [-0.25, -0.2) is 9.98 Å². The minimum Gasteiger partial charge on any atom is -0.403 e. The number of carbonyl (C=O) groups excluding carboxylic acids is 1. The van der Waals surface area contributed by atoms with Crippen LogP contribution in [0, 0.1) is 0 Å². The van der Waals surface area contributed by atoms with Crippen LogP contribution in [0.5, 0.6) is 0 Å². The summed E-state index contributed by atoms with van der Waals surface area (Å²) >= 11 is 7.39. The third-order valence-electron chi connectivity index (χ3n) is 3.31. The van der Waals surface area contributed by atoms with E-state index in [2.05, 4.69) is 15.3 Å². The Hall–Kier alpha value is -2.70. The molecule has 0 fully saturated rings. The average Bonchev–Trinajstić information content (AvgIpc) is 3.01. The molecule has 3 rings (SSSR count). The third-order valence-corrected chi connectivity index (χ3v) is 4.49. The highest BCUT2D eigenvalue weighted by Crippen LogP contribution is 2.27. The summed E-state index contributed by atoms with van der Waals surface area (Å²) < 4.78 is 1.05. The fourth-order valence-corrected chi connectivity index (χ4v) is 3.22. The number of nitrogens with one attached hydrogen (secondary N) is 1. The van der Waals surface area contributed by atoms with Crippen LogP contribution in [0.4, 0.5) is 5.13 Å². The molecule has 1 amide bonds. The average molecular weight is 371 g/mol. The van der Waals surface area contributed by atoms with Crippen molar-refractivity contribution in [3.05, 3.63) is 71.0 Å². The van der Waals surface area contributed by atoms with E-state index in [9.17, 15) is 4.79 Å². The number of hydrogen-bond acceptors (Lipinski definition) is 5. The van der Waals surface area contributed by atoms with E-state index in [0.29, 0.717) is 15.9 Å². The number of nitrogens with zero attached hydrogens (tertiary/aromatic N) is 2. The maximum absolute atomic E-state index is 12.1. The van der Waals surface area contributed by atoms with Gasteiger partial charge >= 0.3 is 0 Å². The van der Waals surface area contributed by atoms with Gasteiger partial charge in [0.2, 0.25) is 11.0 Å². The number of fused-ring (bicyclic) bond motifs is 1. The van der Waals surface area contributed by atoms with Crippen LogP contribution in [0.25, 0.3) is 10.2 Å². The molecule has 0 aliphatic heterocycles. The molecule has 0 atom stereocenters. The summed E-state index contributed by atoms with van der Waals surface area (Å²) in [4.78, 5) is 20.8. The van der Waals surface area contributed by atoms with Crippen molar-refractivity contribution in [1.82, 2.24) is 10.3 Å². The van der Waals surface area contributed by atoms with Gasteiger partial charge in [0, 0.05) is 11.2 Å². The van der Waals surface area contributed by atoms with Gasteiger partial charge in [0.15, 0.2) is 0 Å². The summed E-state index contributed by atoms with van der Waals surface area (Å²) in [5, 5.41) is 3.92. The van der Waals surface area contributed by atoms with Crippen molar-refractivity contribution in [1.29, 1.82) is 0 Å². The number of aromatic nitrogens is 1. The Balaban J connectivity index is 1.65. The molecule has 3 aromatic rings. The summed E-state index contributed by atoms with van der Waals surface area (Å²) in [6, 6.07) is 15.0. The Morgan fingerprint density at radius 1 is 1.28 bits per heavy atom. The fraction of sp³-hybridized carbons (Fsp3) is 0.0556. The molecule has 0 spiro atoms. The first-order chi connectivity index (χ1) is 12.1. The number of thiazole rings is 1. The number of benzene rings is 2. The van der Waals surface area contributed by atoms with E-state index in [1.807, 2.05) is 30.3 Å². The zero-order valence-corrected chi connectivity index (χ0v) is 14.7. The smallest absolute Gasteiger partial charge is 0.228 e. The molecule has 0 aliphatic carbocycles. The van der Waals surface area contributed by atoms with E-state index >= 15 is 0 Å². The van der Waals surface area contributed by atoms with Crippen molar-refractivity contribution < 1.29 is 4.79 Å². The SMILES string of the molecule is NC=C(C=Nc1nc2ccccc2s1)NC(=O)Cc1cccc(Cl)c1. The maximum atomic E-state index is 12.1. The first-order valence-electron chi connectivity index (χ1n) is 7.50. The van der Waals surface area contributed by atoms with Gasteiger partial charge in [0.25, 0.3) is 0 Å². The summed E-state index contributed by atoms with van der Waals surface area (Å²) in [7, 11) is 0. The molecule has 3 N–H and O–H groups in total. The second-order valence-electron chi connectivity index (χ2n) is 5.20. The number of carbonyl (C=O) groups is 1. The van der Waals surface area contributed by atoms with E-state index in [4.69, 9.17) is 17.3 Å². The summed E-state index contributed by atoms with van der Waals surface area (Å²) in [6.45, 7) is 0. The summed E-state index contributed by atoms with van der Waals surface area (Å²) in [5.74, 6) is -0.199. The zero-order chi connectivity index (χ0) is 17.6. The Labute approximate surface area is 153 Å². The lowest BCUT2D eigenvalue weighted by atomic mass is 10.1. The van der Waals surface area contributed by atoms with Gasteiger partial charge in [-0.15, -0.1) is 0 Å². The van der Waals surface area contributed by atoms with Gasteiger partial charge in [-0.05, 0) is 29.8 Å². The standard InChI is InChI=1S/C18H15ClN4OS/c19-13-5-3-4-12(8-13)9-17(24)22-14(10-20)11-21-18-23-15-6-1-2-7-16(15)25-18/h1-8,10-11H,9,20H2,(H,22,24). The molecule has 25 heavy (non-hydrogen) atoms. The maximum Gasteiger partial charge on any atom is 0.228 e. The van der Waals surface area contributed by atoms with Gasteiger partial charge in [-0.3, -0.25) is 4.79 Å². The molecule has 0 saturated carbocycles. The van der Waals surface area contributed by atoms with Crippen molar-refractivity contribution in [2.45, 2.75) is 6.42 Å². The van der Waals surface area contributed by atoms with Crippen LogP contribution in [-0.2, 0) is 11.2 Å². The fourth-order valence-electron chi connectivity index (χ4n) is 2.19. The van der Waals surface area contributed by atoms with Crippen LogP contribution in [-0.4, -0.2) is 17.1 Å². The van der Waals surface area contributed by atoms with Crippen molar-refractivity contribution in [2.24, 2.45) is 10.7 Å². The minimum atomic E-state index is -0.199. The topological polar surface area (TPSA) is 80.4 Å². The Kier molecular flexibility index (Phi) is 5.42. The van der Waals surface area contributed by atoms with Crippen molar-refractivity contribution >= 4 is 50.4 Å². The Morgan fingerprint density at radius 2 is 2.12 bits per heavy atom. The monoisotopic (exact) mass is 370 g/mol. The number of halogens is 1. The second kappa shape index (κ2) is 7.92. The summed E-state index contributed by atoms with van der Waals surface area (Å²) in [5.41, 5.74) is 7.70. The molecule has 2 aromatic carbocycles. The molecule has 0 aliphatic rings. The molecular formula is C18H15ClN4OS. The van der Waals surface area contributed by atoms with E-state index in [-0.39, 0.29) is 12.3 Å². The number of para-hydroxylation sites is 1. The highest BCUT2D eigenvalue weighted by molar-refractivity contribution is 7.22. The van der Waals surface area contributed by atoms with Crippen LogP contribution in [0.15, 0.2) is 65.4 Å². The molecule has 0 radical (unpaired) electrons. The second-order valence-corrected chi connectivity index (χ2v) is 6.64. The van der Waals surface area contributed by atoms with Crippen molar-refractivity contribution in [3.63, 3.8) is 0 Å². The Morgan fingerprint density at radius 3 is 2.88 bits per heavy atom. The lowest BCUT2D eigenvalue weighted by molar-refractivity contribution is -0.119. The quantitative estimate of drug-likeness (QED) is 0.670. The molecule has 7 heteroatoms. The first-order valence-corrected chi connectivity index (χ1v) is 8.69. The summed E-state index contributed by atoms with van der Waals surface area (Å²) in [6.07, 6.45) is 2.99. The molecule has 126 valence electrons. The van der Waals surface area contributed by atoms with Gasteiger partial charge in [-0.1, -0.05) is 47.2 Å². The number of rotatable bonds is 5. The van der Waals surface area contributed by atoms with Gasteiger partial charge < -0.3 is 11.1 Å². The molecule has 0 unspecified atom stereocenters. The number of amides is 1. The van der Waals surface area contributed by atoms with E-state index in [1.54, 1.807) is 18.2 Å². The van der Waals surface area contributed by atoms with Gasteiger partial charge in [0.05, 0.1) is 28.5 Å². The number of aliphatic imine (C=N–C) groups is 1. The van der Waals surface area contributed by atoms with Crippen molar-refractivity contribution in [3.8, 4) is 0 Å². The molecule has 1 heterocycles. The van der Waals surface area contributed by atoms with E-state index < -0.39 is 0 Å². The normalized spacial score (nSPS) is 12.0. The highest BCUT2D eigenvalue weighted by atomic mass is 35.5. The predicted molar refractivity (Wildman–Crippen MR) is 103 cm³/mol. The zero-order valence-electron chi connectivity index (χ0n) is 13.1. The minimum absolute atomic E-state index is 0.199. The van der Waals surface area contributed by atoms with Crippen LogP contribution in [0.3, 0.4) is 0 Å². The number of hydrogen-bond donors (Lipinski definition) is 2. The molecule has 0 saturated heterocycles. The van der Waals surface area contributed by atoms with Gasteiger partial charge in [-0.2, -0.15) is 0 Å². The van der Waals surface area contributed by atoms with Crippen LogP contribution < -0.4 is 11.1 Å². The number of nitrogens with two attached hydrogens (primary N) is 1. The highest BCUT2D eigenvalue weighted by Gasteiger charge is 2.06. The molecular weight excluding hydrogens is 356 g/mol. The third kappa shape index (κ3) is 4.65. The number of allylic oxidation sites excluding steroid dienone is 1. The Bertz CT molecular complexity index is 931. The first kappa shape index (κ1) is 17.1. The largest absolute Gasteiger partial charge is 0.403 e. The van der Waals surface area contributed by atoms with E-state index in [0.717, 1.165) is 15.8 Å². The van der Waals surface area contributed by atoms with Crippen molar-refractivity contribution in [2.75, 3.05) is 0 Å². The predicted octanol–water partition coefficient (Wildman–Crippen LogP) is 3.81.